The molecule has 6 heteroatoms. The van der Waals surface area contributed by atoms with Crippen LogP contribution in [0.4, 0.5) is 5.69 Å². The van der Waals surface area contributed by atoms with Crippen LogP contribution in [0.2, 0.25) is 0 Å². The van der Waals surface area contributed by atoms with Crippen molar-refractivity contribution in [2.24, 2.45) is 5.41 Å². The van der Waals surface area contributed by atoms with Crippen LogP contribution in [0.25, 0.3) is 17.4 Å². The van der Waals surface area contributed by atoms with Crippen molar-refractivity contribution in [3.05, 3.63) is 57.8 Å². The summed E-state index contributed by atoms with van der Waals surface area (Å²) in [6.45, 7) is 3.78. The molecule has 0 aliphatic heterocycles. The molecule has 3 rings (SSSR count). The topological polar surface area (TPSA) is 90.4 Å². The summed E-state index contributed by atoms with van der Waals surface area (Å²) < 4.78 is 5.63. The van der Waals surface area contributed by atoms with Gasteiger partial charge in [-0.15, -0.1) is 0 Å². The van der Waals surface area contributed by atoms with Gasteiger partial charge in [0, 0.05) is 18.9 Å². The van der Waals surface area contributed by atoms with E-state index in [0.717, 1.165) is 0 Å². The van der Waals surface area contributed by atoms with Crippen LogP contribution in [-0.4, -0.2) is 16.5 Å². The van der Waals surface area contributed by atoms with Crippen LogP contribution in [0, 0.1) is 15.5 Å². The van der Waals surface area contributed by atoms with Gasteiger partial charge in [-0.1, -0.05) is 26.0 Å². The van der Waals surface area contributed by atoms with E-state index in [4.69, 9.17) is 4.42 Å². The second kappa shape index (κ2) is 6.12. The molecule has 0 saturated heterocycles. The van der Waals surface area contributed by atoms with Crippen molar-refractivity contribution < 1.29 is 18.9 Å². The zero-order chi connectivity index (χ0) is 18.2. The highest BCUT2D eigenvalue weighted by Crippen LogP contribution is 2.35. The predicted molar refractivity (Wildman–Crippen MR) is 91.8 cm³/mol. The van der Waals surface area contributed by atoms with Crippen molar-refractivity contribution in [2.75, 3.05) is 0 Å². The highest BCUT2D eigenvalue weighted by atomic mass is 16.6. The highest BCUT2D eigenvalue weighted by Gasteiger charge is 2.35. The van der Waals surface area contributed by atoms with E-state index in [1.54, 1.807) is 30.3 Å². The molecule has 1 heterocycles. The highest BCUT2D eigenvalue weighted by molar-refractivity contribution is 6.25. The fraction of sp³-hybridized carbons (Fsp3) is 0.263. The van der Waals surface area contributed by atoms with Crippen LogP contribution < -0.4 is 0 Å². The van der Waals surface area contributed by atoms with Crippen LogP contribution in [0.5, 0.6) is 0 Å². The summed E-state index contributed by atoms with van der Waals surface area (Å²) in [5, 5.41) is 11.1. The summed E-state index contributed by atoms with van der Waals surface area (Å²) in [5.74, 6) is 0.231. The van der Waals surface area contributed by atoms with E-state index in [0.29, 0.717) is 29.9 Å². The number of hydrogen-bond donors (Lipinski definition) is 0. The van der Waals surface area contributed by atoms with E-state index in [2.05, 4.69) is 0 Å². The number of para-hydroxylation sites is 1. The average Bonchev–Trinajstić information content (AvgIpc) is 2.98. The van der Waals surface area contributed by atoms with Crippen LogP contribution >= 0.6 is 0 Å². The first-order chi connectivity index (χ1) is 11.8. The Morgan fingerprint density at radius 1 is 1.08 bits per heavy atom. The Morgan fingerprint density at radius 2 is 1.72 bits per heavy atom. The van der Waals surface area contributed by atoms with Crippen molar-refractivity contribution >= 4 is 23.3 Å². The molecule has 1 saturated carbocycles. The Hall–Kier alpha value is -3.02. The molecule has 0 atom stereocenters. The third-order valence-corrected chi connectivity index (χ3v) is 4.16. The quantitative estimate of drug-likeness (QED) is 0.362. The number of Topliss-reactive ketones (excluding diaryl/α,β-unsaturated/α-hetero) is 2. The van der Waals surface area contributed by atoms with Gasteiger partial charge in [0.2, 0.25) is 0 Å². The lowest BCUT2D eigenvalue weighted by Gasteiger charge is -2.28. The first-order valence-corrected chi connectivity index (χ1v) is 7.88. The fourth-order valence-electron chi connectivity index (χ4n) is 3.00. The molecule has 6 nitrogen and oxygen atoms in total. The van der Waals surface area contributed by atoms with Crippen molar-refractivity contribution in [1.82, 2.24) is 0 Å². The van der Waals surface area contributed by atoms with Crippen molar-refractivity contribution in [3.8, 4) is 11.3 Å². The number of benzene rings is 1. The van der Waals surface area contributed by atoms with Gasteiger partial charge in [0.05, 0.1) is 16.1 Å². The molecule has 1 aromatic carbocycles. The Labute approximate surface area is 144 Å². The summed E-state index contributed by atoms with van der Waals surface area (Å²) in [7, 11) is 0. The van der Waals surface area contributed by atoms with E-state index in [-0.39, 0.29) is 28.2 Å². The predicted octanol–water partition coefficient (Wildman–Crippen LogP) is 4.20. The van der Waals surface area contributed by atoms with Gasteiger partial charge in [-0.3, -0.25) is 19.7 Å². The van der Waals surface area contributed by atoms with Crippen molar-refractivity contribution in [1.29, 1.82) is 0 Å². The molecule has 2 aromatic rings. The van der Waals surface area contributed by atoms with Gasteiger partial charge in [0.1, 0.15) is 11.5 Å². The van der Waals surface area contributed by atoms with Gasteiger partial charge < -0.3 is 4.42 Å². The van der Waals surface area contributed by atoms with E-state index >= 15 is 0 Å². The number of ketones is 2. The molecule has 1 aliphatic rings. The zero-order valence-corrected chi connectivity index (χ0v) is 13.9. The van der Waals surface area contributed by atoms with Crippen LogP contribution in [0.3, 0.4) is 0 Å². The monoisotopic (exact) mass is 339 g/mol. The summed E-state index contributed by atoms with van der Waals surface area (Å²) in [6, 6.07) is 9.43. The molecule has 0 spiro atoms. The Bertz CT molecular complexity index is 882. The maximum atomic E-state index is 12.2. The number of allylic oxidation sites excluding steroid dienone is 1. The van der Waals surface area contributed by atoms with E-state index in [1.165, 1.54) is 12.1 Å². The number of carbonyl (C=O) groups is 2. The first kappa shape index (κ1) is 16.8. The van der Waals surface area contributed by atoms with Crippen molar-refractivity contribution in [3.63, 3.8) is 0 Å². The summed E-state index contributed by atoms with van der Waals surface area (Å²) in [5.41, 5.74) is 0.0785. The molecular formula is C19H17NO5. The number of furan rings is 1. The van der Waals surface area contributed by atoms with Gasteiger partial charge in [0.15, 0.2) is 11.6 Å². The van der Waals surface area contributed by atoms with Gasteiger partial charge in [-0.25, -0.2) is 0 Å². The summed E-state index contributed by atoms with van der Waals surface area (Å²) in [6.07, 6.45) is 2.04. The van der Waals surface area contributed by atoms with Crippen molar-refractivity contribution in [2.45, 2.75) is 26.7 Å². The summed E-state index contributed by atoms with van der Waals surface area (Å²) in [4.78, 5) is 35.1. The molecule has 1 aromatic heterocycles. The fourth-order valence-corrected chi connectivity index (χ4v) is 3.00. The van der Waals surface area contributed by atoms with Gasteiger partial charge >= 0.3 is 0 Å². The first-order valence-electron chi connectivity index (χ1n) is 7.88. The minimum absolute atomic E-state index is 0.0670. The Balaban J connectivity index is 1.94. The third-order valence-electron chi connectivity index (χ3n) is 4.16. The lowest BCUT2D eigenvalue weighted by Crippen LogP contribution is -2.31. The molecule has 0 N–H and O–H groups in total. The molecule has 1 fully saturated rings. The number of hydrogen-bond acceptors (Lipinski definition) is 5. The maximum absolute atomic E-state index is 12.2. The molecule has 1 aliphatic carbocycles. The molecule has 0 bridgehead atoms. The molecular weight excluding hydrogens is 322 g/mol. The number of nitro benzene ring substituents is 1. The van der Waals surface area contributed by atoms with Gasteiger partial charge in [-0.2, -0.15) is 0 Å². The van der Waals surface area contributed by atoms with E-state index in [9.17, 15) is 19.7 Å². The van der Waals surface area contributed by atoms with E-state index < -0.39 is 4.92 Å². The SMILES string of the molecule is CC1(C)CC(=O)C(=Cc2ccc(-c3ccccc3[N+](=O)[O-])o2)C(=O)C1. The second-order valence-corrected chi connectivity index (χ2v) is 6.90. The number of nitro groups is 1. The molecule has 0 amide bonds. The number of rotatable bonds is 3. The number of carbonyl (C=O) groups excluding carboxylic acids is 2. The molecule has 25 heavy (non-hydrogen) atoms. The average molecular weight is 339 g/mol. The largest absolute Gasteiger partial charge is 0.456 e. The second-order valence-electron chi connectivity index (χ2n) is 6.90. The maximum Gasteiger partial charge on any atom is 0.280 e. The third kappa shape index (κ3) is 3.42. The normalized spacial score (nSPS) is 16.8. The molecule has 0 radical (unpaired) electrons. The van der Waals surface area contributed by atoms with Gasteiger partial charge in [-0.05, 0) is 29.7 Å². The molecule has 128 valence electrons. The Morgan fingerprint density at radius 3 is 2.36 bits per heavy atom. The Kier molecular flexibility index (Phi) is 4.12. The standard InChI is InChI=1S/C19H17NO5/c1-19(2)10-16(21)14(17(22)11-19)9-12-7-8-18(25-12)13-5-3-4-6-15(13)20(23)24/h3-9H,10-11H2,1-2H3. The van der Waals surface area contributed by atoms with Crippen LogP contribution in [-0.2, 0) is 9.59 Å². The van der Waals surface area contributed by atoms with Gasteiger partial charge in [0.25, 0.3) is 5.69 Å². The van der Waals surface area contributed by atoms with Crippen LogP contribution in [0.1, 0.15) is 32.4 Å². The van der Waals surface area contributed by atoms with E-state index in [1.807, 2.05) is 13.8 Å². The van der Waals surface area contributed by atoms with Crippen LogP contribution in [0.15, 0.2) is 46.4 Å². The smallest absolute Gasteiger partial charge is 0.280 e. The number of nitrogens with zero attached hydrogens (tertiary/aromatic N) is 1. The lowest BCUT2D eigenvalue weighted by molar-refractivity contribution is -0.384. The summed E-state index contributed by atoms with van der Waals surface area (Å²) >= 11 is 0. The minimum Gasteiger partial charge on any atom is -0.456 e. The lowest BCUT2D eigenvalue weighted by atomic mass is 9.74. The zero-order valence-electron chi connectivity index (χ0n) is 13.9. The molecule has 0 unspecified atom stereocenters. The minimum atomic E-state index is -0.480.